The van der Waals surface area contributed by atoms with E-state index in [-0.39, 0.29) is 28.2 Å². The van der Waals surface area contributed by atoms with E-state index in [1.54, 1.807) is 37.4 Å². The maximum Gasteiger partial charge on any atom is 0.346 e. The number of aromatic nitrogens is 3. The molecule has 12 heteroatoms. The van der Waals surface area contributed by atoms with Gasteiger partial charge in [0.25, 0.3) is 5.88 Å². The zero-order valence-electron chi connectivity index (χ0n) is 24.7. The molecule has 9 nitrogen and oxygen atoms in total. The van der Waals surface area contributed by atoms with Crippen LogP contribution in [0.3, 0.4) is 0 Å². The molecule has 3 aliphatic rings. The number of nitriles is 1. The van der Waals surface area contributed by atoms with E-state index in [0.29, 0.717) is 29.4 Å². The van der Waals surface area contributed by atoms with Crippen molar-refractivity contribution in [3.05, 3.63) is 69.4 Å². The summed E-state index contributed by atoms with van der Waals surface area (Å²) in [6.07, 6.45) is 7.32. The lowest BCUT2D eigenvalue weighted by Gasteiger charge is -2.52. The Kier molecular flexibility index (Phi) is 7.45. The maximum atomic E-state index is 14.7. The van der Waals surface area contributed by atoms with Crippen molar-refractivity contribution < 1.29 is 23.8 Å². The summed E-state index contributed by atoms with van der Waals surface area (Å²) in [4.78, 5) is 24.3. The molecule has 0 radical (unpaired) electrons. The maximum absolute atomic E-state index is 14.7. The van der Waals surface area contributed by atoms with Crippen molar-refractivity contribution in [1.29, 1.82) is 5.26 Å². The summed E-state index contributed by atoms with van der Waals surface area (Å²) in [6.45, 7) is 2.44. The van der Waals surface area contributed by atoms with Crippen LogP contribution in [0.15, 0.2) is 42.5 Å². The molecule has 0 amide bonds. The number of halogens is 2. The highest BCUT2D eigenvalue weighted by Crippen LogP contribution is 2.52. The van der Waals surface area contributed by atoms with Gasteiger partial charge in [0.2, 0.25) is 5.95 Å². The summed E-state index contributed by atoms with van der Waals surface area (Å²) in [6, 6.07) is 12.4. The molecule has 1 saturated heterocycles. The number of carbonyl (C=O) groups is 1. The van der Waals surface area contributed by atoms with Crippen LogP contribution >= 0.6 is 22.9 Å². The first-order valence-corrected chi connectivity index (χ1v) is 16.1. The highest BCUT2D eigenvalue weighted by atomic mass is 35.5. The minimum Gasteiger partial charge on any atom is -0.496 e. The van der Waals surface area contributed by atoms with Crippen molar-refractivity contribution in [1.82, 2.24) is 14.5 Å². The molecule has 0 atom stereocenters. The van der Waals surface area contributed by atoms with Gasteiger partial charge in [-0.1, -0.05) is 23.7 Å². The predicted octanol–water partition coefficient (Wildman–Crippen LogP) is 7.34. The largest absolute Gasteiger partial charge is 0.496 e. The molecule has 0 bridgehead atoms. The molecule has 3 aromatic heterocycles. The molecule has 45 heavy (non-hydrogen) atoms. The van der Waals surface area contributed by atoms with Crippen LogP contribution in [0.25, 0.3) is 15.9 Å². The fourth-order valence-electron chi connectivity index (χ4n) is 6.53. The number of imidazole rings is 1. The number of carboxylic acid groups (broad SMARTS) is 1. The summed E-state index contributed by atoms with van der Waals surface area (Å²) < 4.78 is 27.9. The molecule has 4 heterocycles. The number of aromatic carboxylic acids is 1. The number of thiophene rings is 1. The number of anilines is 1. The van der Waals surface area contributed by atoms with Gasteiger partial charge in [-0.2, -0.15) is 5.26 Å². The standard InChI is InChI=1S/C33H31ClFN5O4S/c1-43-26-14-22(34)3-2-21(26)16-44-28-23(35)4-5-24(37-28)20-6-8-33(9-7-20)17-39(18-33)31-38-29-25(15-27(45-29)30(41)42)40(31)19-32(10-11-32)12-13-36/h2-6,14-15H,7-12,16-19H2,1H3,(H,41,42). The number of carboxylic acids is 1. The van der Waals surface area contributed by atoms with Gasteiger partial charge in [-0.25, -0.2) is 19.2 Å². The highest BCUT2D eigenvalue weighted by Gasteiger charge is 2.47. The quantitative estimate of drug-likeness (QED) is 0.190. The van der Waals surface area contributed by atoms with Gasteiger partial charge in [0, 0.05) is 47.5 Å². The third kappa shape index (κ3) is 5.62. The van der Waals surface area contributed by atoms with Crippen LogP contribution in [-0.4, -0.2) is 45.8 Å². The van der Waals surface area contributed by atoms with Crippen LogP contribution in [-0.2, 0) is 13.2 Å². The molecule has 1 saturated carbocycles. The molecule has 232 valence electrons. The lowest BCUT2D eigenvalue weighted by molar-refractivity contribution is 0.0702. The van der Waals surface area contributed by atoms with Crippen LogP contribution in [0, 0.1) is 28.0 Å². The average Bonchev–Trinajstić information content (AvgIpc) is 3.51. The predicted molar refractivity (Wildman–Crippen MR) is 169 cm³/mol. The molecule has 4 aromatic rings. The average molecular weight is 648 g/mol. The molecule has 7 rings (SSSR count). The van der Waals surface area contributed by atoms with E-state index in [1.807, 2.05) is 0 Å². The monoisotopic (exact) mass is 647 g/mol. The Morgan fingerprint density at radius 2 is 2.02 bits per heavy atom. The van der Waals surface area contributed by atoms with Crippen molar-refractivity contribution in [2.75, 3.05) is 25.1 Å². The number of methoxy groups -OCH3 is 1. The minimum atomic E-state index is -0.951. The third-order valence-corrected chi connectivity index (χ3v) is 10.6. The van der Waals surface area contributed by atoms with Crippen molar-refractivity contribution >= 4 is 50.8 Å². The van der Waals surface area contributed by atoms with Crippen LogP contribution in [0.2, 0.25) is 5.02 Å². The molecule has 1 aromatic carbocycles. The number of hydrogen-bond donors (Lipinski definition) is 1. The van der Waals surface area contributed by atoms with Gasteiger partial charge < -0.3 is 24.0 Å². The van der Waals surface area contributed by atoms with E-state index in [1.165, 1.54) is 17.4 Å². The van der Waals surface area contributed by atoms with E-state index in [2.05, 4.69) is 26.6 Å². The van der Waals surface area contributed by atoms with Gasteiger partial charge in [-0.05, 0) is 68.0 Å². The Morgan fingerprint density at radius 3 is 2.71 bits per heavy atom. The van der Waals surface area contributed by atoms with E-state index < -0.39 is 11.8 Å². The molecule has 1 aliphatic heterocycles. The van der Waals surface area contributed by atoms with Gasteiger partial charge in [-0.15, -0.1) is 11.3 Å². The second kappa shape index (κ2) is 11.3. The molecular formula is C33H31ClFN5O4S. The Hall–Kier alpha value is -4.14. The van der Waals surface area contributed by atoms with Gasteiger partial charge in [0.15, 0.2) is 5.82 Å². The topological polar surface area (TPSA) is 114 Å². The Labute approximate surface area is 268 Å². The normalized spacial score (nSPS) is 17.9. The molecule has 2 fully saturated rings. The number of nitrogens with zero attached hydrogens (tertiary/aromatic N) is 5. The molecule has 2 aliphatic carbocycles. The number of rotatable bonds is 10. The zero-order valence-corrected chi connectivity index (χ0v) is 26.3. The summed E-state index contributed by atoms with van der Waals surface area (Å²) in [7, 11) is 1.55. The van der Waals surface area contributed by atoms with Gasteiger partial charge in [0.05, 0.1) is 24.4 Å². The zero-order chi connectivity index (χ0) is 31.3. The van der Waals surface area contributed by atoms with E-state index in [0.717, 1.165) is 72.6 Å². The molecule has 1 N–H and O–H groups in total. The van der Waals surface area contributed by atoms with Gasteiger partial charge in [-0.3, -0.25) is 0 Å². The molecular weight excluding hydrogens is 617 g/mol. The summed E-state index contributed by atoms with van der Waals surface area (Å²) in [5.74, 6) is -0.105. The number of allylic oxidation sites excluding steroid dienone is 2. The van der Waals surface area contributed by atoms with E-state index in [4.69, 9.17) is 26.1 Å². The van der Waals surface area contributed by atoms with Crippen LogP contribution in [0.5, 0.6) is 11.6 Å². The minimum absolute atomic E-state index is 0.0526. The second-order valence-electron chi connectivity index (χ2n) is 12.5. The number of benzene rings is 1. The lowest BCUT2D eigenvalue weighted by atomic mass is 9.69. The Bertz CT molecular complexity index is 1890. The van der Waals surface area contributed by atoms with Crippen LogP contribution in [0.1, 0.15) is 59.5 Å². The first-order chi connectivity index (χ1) is 21.7. The Morgan fingerprint density at radius 1 is 1.20 bits per heavy atom. The van der Waals surface area contributed by atoms with Crippen molar-refractivity contribution in [3.63, 3.8) is 0 Å². The lowest BCUT2D eigenvalue weighted by Crippen LogP contribution is -2.57. The van der Waals surface area contributed by atoms with E-state index in [9.17, 15) is 19.6 Å². The van der Waals surface area contributed by atoms with Crippen LogP contribution < -0.4 is 14.4 Å². The van der Waals surface area contributed by atoms with E-state index >= 15 is 0 Å². The van der Waals surface area contributed by atoms with Gasteiger partial charge in [0.1, 0.15) is 22.1 Å². The fourth-order valence-corrected chi connectivity index (χ4v) is 7.56. The van der Waals surface area contributed by atoms with Crippen molar-refractivity contribution in [2.24, 2.45) is 10.8 Å². The van der Waals surface area contributed by atoms with Crippen molar-refractivity contribution in [3.8, 4) is 17.7 Å². The highest BCUT2D eigenvalue weighted by molar-refractivity contribution is 7.20. The fraction of sp³-hybridized carbons (Fsp3) is 0.394. The molecule has 1 spiro atoms. The Balaban J connectivity index is 1.05. The summed E-state index contributed by atoms with van der Waals surface area (Å²) in [5, 5.41) is 19.5. The number of pyridine rings is 1. The smallest absolute Gasteiger partial charge is 0.346 e. The van der Waals surface area contributed by atoms with Crippen molar-refractivity contribution in [2.45, 2.75) is 51.7 Å². The molecule has 0 unspecified atom stereocenters. The number of fused-ring (bicyclic) bond motifs is 1. The number of hydrogen-bond acceptors (Lipinski definition) is 8. The first-order valence-electron chi connectivity index (χ1n) is 14.9. The third-order valence-electron chi connectivity index (χ3n) is 9.34. The summed E-state index contributed by atoms with van der Waals surface area (Å²) >= 11 is 7.25. The SMILES string of the molecule is COc1cc(Cl)ccc1COc1nc(C2=CCC3(CC2)CN(c2nc4sc(C(=O)O)cc4n2CC2(CC#N)CC2)C3)ccc1F. The van der Waals surface area contributed by atoms with Gasteiger partial charge >= 0.3 is 5.97 Å². The van der Waals surface area contributed by atoms with Crippen LogP contribution in [0.4, 0.5) is 10.3 Å². The first kappa shape index (κ1) is 29.6. The number of ether oxygens (including phenoxy) is 2. The summed E-state index contributed by atoms with van der Waals surface area (Å²) in [5.41, 5.74) is 3.40. The second-order valence-corrected chi connectivity index (χ2v) is 13.9.